The van der Waals surface area contributed by atoms with Gasteiger partial charge in [0.05, 0.1) is 0 Å². The molecule has 0 aliphatic rings. The van der Waals surface area contributed by atoms with Crippen LogP contribution < -0.4 is 5.73 Å². The second-order valence-corrected chi connectivity index (χ2v) is 4.06. The van der Waals surface area contributed by atoms with Gasteiger partial charge in [-0.25, -0.2) is 0 Å². The molecule has 1 aromatic carbocycles. The van der Waals surface area contributed by atoms with Crippen molar-refractivity contribution in [3.63, 3.8) is 0 Å². The number of alkyl halides is 3. The third-order valence-corrected chi connectivity index (χ3v) is 2.74. The summed E-state index contributed by atoms with van der Waals surface area (Å²) in [7, 11) is 0. The van der Waals surface area contributed by atoms with E-state index in [1.54, 1.807) is 18.2 Å². The Kier molecular flexibility index (Phi) is 4.29. The van der Waals surface area contributed by atoms with E-state index in [9.17, 15) is 13.2 Å². The SMILES string of the molecule is Cc1ccc2[nH]c(C(F)(F)F)c(CCN)c2c1.Cl. The van der Waals surface area contributed by atoms with E-state index in [0.717, 1.165) is 5.56 Å². The summed E-state index contributed by atoms with van der Waals surface area (Å²) in [5.74, 6) is 0. The normalized spacial score (nSPS) is 11.6. The van der Waals surface area contributed by atoms with Crippen molar-refractivity contribution in [3.8, 4) is 0 Å². The number of hydrogen-bond acceptors (Lipinski definition) is 1. The minimum Gasteiger partial charge on any atom is -0.351 e. The number of benzene rings is 1. The first-order valence-electron chi connectivity index (χ1n) is 5.32. The Morgan fingerprint density at radius 2 is 1.94 bits per heavy atom. The van der Waals surface area contributed by atoms with Crippen molar-refractivity contribution < 1.29 is 13.2 Å². The van der Waals surface area contributed by atoms with Gasteiger partial charge in [0.2, 0.25) is 0 Å². The molecule has 100 valence electrons. The first-order chi connectivity index (χ1) is 7.93. The summed E-state index contributed by atoms with van der Waals surface area (Å²) in [5, 5.41) is 0.614. The number of fused-ring (bicyclic) bond motifs is 1. The van der Waals surface area contributed by atoms with Crippen LogP contribution in [0.4, 0.5) is 13.2 Å². The van der Waals surface area contributed by atoms with E-state index in [1.807, 2.05) is 6.92 Å². The average molecular weight is 279 g/mol. The van der Waals surface area contributed by atoms with Gasteiger partial charge in [-0.15, -0.1) is 12.4 Å². The fourth-order valence-corrected chi connectivity index (χ4v) is 2.01. The molecule has 1 heterocycles. The zero-order valence-electron chi connectivity index (χ0n) is 9.77. The molecule has 0 aliphatic heterocycles. The first-order valence-corrected chi connectivity index (χ1v) is 5.32. The van der Waals surface area contributed by atoms with E-state index < -0.39 is 11.9 Å². The highest BCUT2D eigenvalue weighted by Gasteiger charge is 2.35. The topological polar surface area (TPSA) is 41.8 Å². The largest absolute Gasteiger partial charge is 0.431 e. The summed E-state index contributed by atoms with van der Waals surface area (Å²) >= 11 is 0. The summed E-state index contributed by atoms with van der Waals surface area (Å²) in [6, 6.07) is 5.21. The molecule has 0 saturated heterocycles. The van der Waals surface area contributed by atoms with Crippen LogP contribution in [-0.4, -0.2) is 11.5 Å². The Morgan fingerprint density at radius 3 is 2.50 bits per heavy atom. The Hall–Kier alpha value is -1.20. The van der Waals surface area contributed by atoms with Crippen molar-refractivity contribution in [2.45, 2.75) is 19.5 Å². The molecule has 1 aromatic heterocycles. The summed E-state index contributed by atoms with van der Waals surface area (Å²) in [6.07, 6.45) is -4.14. The van der Waals surface area contributed by atoms with Crippen LogP contribution >= 0.6 is 12.4 Å². The van der Waals surface area contributed by atoms with Gasteiger partial charge in [0, 0.05) is 10.9 Å². The van der Waals surface area contributed by atoms with Gasteiger partial charge in [-0.05, 0) is 37.6 Å². The number of H-pyrrole nitrogens is 1. The van der Waals surface area contributed by atoms with Crippen molar-refractivity contribution in [3.05, 3.63) is 35.0 Å². The van der Waals surface area contributed by atoms with Crippen LogP contribution in [0.5, 0.6) is 0 Å². The van der Waals surface area contributed by atoms with Gasteiger partial charge in [0.15, 0.2) is 0 Å². The molecular formula is C12H14ClF3N2. The molecule has 0 fully saturated rings. The van der Waals surface area contributed by atoms with E-state index in [4.69, 9.17) is 5.73 Å². The number of aromatic nitrogens is 1. The van der Waals surface area contributed by atoms with Crippen LogP contribution in [0.25, 0.3) is 10.9 Å². The van der Waals surface area contributed by atoms with E-state index in [1.165, 1.54) is 0 Å². The number of nitrogens with two attached hydrogens (primary N) is 1. The van der Waals surface area contributed by atoms with Crippen LogP contribution in [0.15, 0.2) is 18.2 Å². The molecule has 2 aromatic rings. The molecule has 2 rings (SSSR count). The van der Waals surface area contributed by atoms with Crippen molar-refractivity contribution in [2.75, 3.05) is 6.54 Å². The Bertz CT molecular complexity index is 546. The number of aryl methyl sites for hydroxylation is 1. The second-order valence-electron chi connectivity index (χ2n) is 4.06. The number of halogens is 4. The zero-order chi connectivity index (χ0) is 12.6. The van der Waals surface area contributed by atoms with E-state index in [-0.39, 0.29) is 30.9 Å². The van der Waals surface area contributed by atoms with Crippen LogP contribution in [0.3, 0.4) is 0 Å². The highest BCUT2D eigenvalue weighted by atomic mass is 35.5. The minimum absolute atomic E-state index is 0. The molecule has 0 spiro atoms. The summed E-state index contributed by atoms with van der Waals surface area (Å²) in [6.45, 7) is 2.05. The molecule has 0 radical (unpaired) electrons. The van der Waals surface area contributed by atoms with Gasteiger partial charge in [0.25, 0.3) is 0 Å². The van der Waals surface area contributed by atoms with Crippen molar-refractivity contribution in [1.82, 2.24) is 4.98 Å². The predicted octanol–water partition coefficient (Wildman–Crippen LogP) is 3.42. The summed E-state index contributed by atoms with van der Waals surface area (Å²) < 4.78 is 38.5. The zero-order valence-corrected chi connectivity index (χ0v) is 10.6. The number of hydrogen-bond donors (Lipinski definition) is 2. The molecular weight excluding hydrogens is 265 g/mol. The lowest BCUT2D eigenvalue weighted by atomic mass is 10.1. The van der Waals surface area contributed by atoms with E-state index >= 15 is 0 Å². The van der Waals surface area contributed by atoms with Gasteiger partial charge in [0.1, 0.15) is 5.69 Å². The Labute approximate surface area is 109 Å². The Morgan fingerprint density at radius 1 is 1.28 bits per heavy atom. The predicted molar refractivity (Wildman–Crippen MR) is 68.0 cm³/mol. The third kappa shape index (κ3) is 2.62. The maximum absolute atomic E-state index is 12.8. The molecule has 2 nitrogen and oxygen atoms in total. The smallest absolute Gasteiger partial charge is 0.351 e. The van der Waals surface area contributed by atoms with Gasteiger partial charge in [-0.2, -0.15) is 13.2 Å². The molecule has 0 atom stereocenters. The summed E-state index contributed by atoms with van der Waals surface area (Å²) in [4.78, 5) is 2.44. The van der Waals surface area contributed by atoms with Crippen molar-refractivity contribution >= 4 is 23.3 Å². The molecule has 0 saturated carbocycles. The van der Waals surface area contributed by atoms with E-state index in [2.05, 4.69) is 4.98 Å². The first kappa shape index (κ1) is 14.9. The van der Waals surface area contributed by atoms with Gasteiger partial charge < -0.3 is 10.7 Å². The average Bonchev–Trinajstić information content (AvgIpc) is 2.57. The van der Waals surface area contributed by atoms with Crippen molar-refractivity contribution in [1.29, 1.82) is 0 Å². The fourth-order valence-electron chi connectivity index (χ4n) is 2.01. The van der Waals surface area contributed by atoms with E-state index in [0.29, 0.717) is 10.9 Å². The highest BCUT2D eigenvalue weighted by molar-refractivity contribution is 5.86. The maximum atomic E-state index is 12.8. The van der Waals surface area contributed by atoms with Crippen LogP contribution in [-0.2, 0) is 12.6 Å². The van der Waals surface area contributed by atoms with Crippen molar-refractivity contribution in [2.24, 2.45) is 5.73 Å². The number of nitrogens with one attached hydrogen (secondary N) is 1. The molecule has 3 N–H and O–H groups in total. The van der Waals surface area contributed by atoms with Gasteiger partial charge in [-0.3, -0.25) is 0 Å². The molecule has 0 unspecified atom stereocenters. The number of rotatable bonds is 2. The minimum atomic E-state index is -4.36. The fraction of sp³-hybridized carbons (Fsp3) is 0.333. The maximum Gasteiger partial charge on any atom is 0.431 e. The molecule has 18 heavy (non-hydrogen) atoms. The molecule has 6 heteroatoms. The lowest BCUT2D eigenvalue weighted by Gasteiger charge is -2.07. The van der Waals surface area contributed by atoms with Crippen LogP contribution in [0.2, 0.25) is 0 Å². The lowest BCUT2D eigenvalue weighted by molar-refractivity contribution is -0.141. The summed E-state index contributed by atoms with van der Waals surface area (Å²) in [5.41, 5.74) is 6.40. The molecule has 0 amide bonds. The molecule has 0 bridgehead atoms. The highest BCUT2D eigenvalue weighted by Crippen LogP contribution is 2.35. The monoisotopic (exact) mass is 278 g/mol. The standard InChI is InChI=1S/C12H13F3N2.ClH/c1-7-2-3-10-9(6-7)8(4-5-16)11(17-10)12(13,14)15;/h2-3,6,17H,4-5,16H2,1H3;1H. The van der Waals surface area contributed by atoms with Gasteiger partial charge in [-0.1, -0.05) is 11.6 Å². The Balaban J connectivity index is 0.00000162. The van der Waals surface area contributed by atoms with Gasteiger partial charge >= 0.3 is 6.18 Å². The molecule has 0 aliphatic carbocycles. The quantitative estimate of drug-likeness (QED) is 0.868. The van der Waals surface area contributed by atoms with Crippen LogP contribution in [0.1, 0.15) is 16.8 Å². The third-order valence-electron chi connectivity index (χ3n) is 2.74. The number of aromatic amines is 1. The second kappa shape index (κ2) is 5.20. The lowest BCUT2D eigenvalue weighted by Crippen LogP contribution is -2.11. The van der Waals surface area contributed by atoms with Crippen LogP contribution in [0, 0.1) is 6.92 Å².